The van der Waals surface area contributed by atoms with Crippen LogP contribution in [0.5, 0.6) is 5.75 Å². The number of esters is 1. The van der Waals surface area contributed by atoms with Crippen LogP contribution in [-0.4, -0.2) is 64.0 Å². The van der Waals surface area contributed by atoms with Gasteiger partial charge in [-0.1, -0.05) is 13.8 Å². The Morgan fingerprint density at radius 1 is 1.06 bits per heavy atom. The van der Waals surface area contributed by atoms with Gasteiger partial charge in [0.2, 0.25) is 10.0 Å². The number of amides is 1. The standard InChI is InChI=1S/C23H29N3O6S/c1-4-26(5-2)33(29,30)20-10-11-22(25-12-14-31-15-13-25)21(16-20)24-23(28)18-6-8-19(9-7-18)32-17(3)27/h6-11,16H,4-5,12-15H2,1-3H3,(H,24,28). The zero-order valence-electron chi connectivity index (χ0n) is 19.0. The van der Waals surface area contributed by atoms with Gasteiger partial charge in [-0.2, -0.15) is 4.31 Å². The largest absolute Gasteiger partial charge is 0.427 e. The molecule has 1 aliphatic rings. The molecule has 0 bridgehead atoms. The molecular formula is C23H29N3O6S. The van der Waals surface area contributed by atoms with Crippen molar-refractivity contribution < 1.29 is 27.5 Å². The third-order valence-corrected chi connectivity index (χ3v) is 7.34. The molecule has 0 aliphatic carbocycles. The smallest absolute Gasteiger partial charge is 0.308 e. The summed E-state index contributed by atoms with van der Waals surface area (Å²) in [6.45, 7) is 7.91. The number of hydrogen-bond donors (Lipinski definition) is 1. The van der Waals surface area contributed by atoms with Crippen LogP contribution >= 0.6 is 0 Å². The summed E-state index contributed by atoms with van der Waals surface area (Å²) in [5, 5.41) is 2.86. The predicted octanol–water partition coefficient (Wildman–Crippen LogP) is 2.73. The molecule has 33 heavy (non-hydrogen) atoms. The van der Waals surface area contributed by atoms with E-state index in [4.69, 9.17) is 9.47 Å². The van der Waals surface area contributed by atoms with E-state index in [-0.39, 0.29) is 4.90 Å². The van der Waals surface area contributed by atoms with Crippen LogP contribution in [0, 0.1) is 0 Å². The molecule has 1 N–H and O–H groups in total. The SMILES string of the molecule is CCN(CC)S(=O)(=O)c1ccc(N2CCOCC2)c(NC(=O)c2ccc(OC(C)=O)cc2)c1. The van der Waals surface area contributed by atoms with E-state index in [1.54, 1.807) is 38.1 Å². The molecule has 0 radical (unpaired) electrons. The monoisotopic (exact) mass is 475 g/mol. The Hall–Kier alpha value is -2.95. The Balaban J connectivity index is 1.94. The number of ether oxygens (including phenoxy) is 2. The van der Waals surface area contributed by atoms with Gasteiger partial charge in [-0.15, -0.1) is 0 Å². The molecule has 1 heterocycles. The molecule has 3 rings (SSSR count). The molecule has 1 aliphatic heterocycles. The number of carbonyl (C=O) groups is 2. The fraction of sp³-hybridized carbons (Fsp3) is 0.391. The third-order valence-electron chi connectivity index (χ3n) is 5.29. The molecule has 1 amide bonds. The summed E-state index contributed by atoms with van der Waals surface area (Å²) >= 11 is 0. The minimum absolute atomic E-state index is 0.115. The van der Waals surface area contributed by atoms with Crippen LogP contribution in [0.1, 0.15) is 31.1 Å². The van der Waals surface area contributed by atoms with Crippen molar-refractivity contribution in [3.63, 3.8) is 0 Å². The number of carbonyl (C=O) groups excluding carboxylic acids is 2. The van der Waals surface area contributed by atoms with E-state index in [1.807, 2.05) is 0 Å². The second-order valence-electron chi connectivity index (χ2n) is 7.44. The minimum atomic E-state index is -3.70. The topological polar surface area (TPSA) is 105 Å². The van der Waals surface area contributed by atoms with E-state index < -0.39 is 21.9 Å². The summed E-state index contributed by atoms with van der Waals surface area (Å²) < 4.78 is 37.9. The van der Waals surface area contributed by atoms with Gasteiger partial charge in [0.25, 0.3) is 5.91 Å². The van der Waals surface area contributed by atoms with Gasteiger partial charge >= 0.3 is 5.97 Å². The number of rotatable bonds is 8. The van der Waals surface area contributed by atoms with Gasteiger partial charge in [0, 0.05) is 38.7 Å². The van der Waals surface area contributed by atoms with Crippen molar-refractivity contribution in [3.8, 4) is 5.75 Å². The highest BCUT2D eigenvalue weighted by Crippen LogP contribution is 2.31. The van der Waals surface area contributed by atoms with Crippen molar-refractivity contribution >= 4 is 33.3 Å². The fourth-order valence-electron chi connectivity index (χ4n) is 3.60. The lowest BCUT2D eigenvalue weighted by Gasteiger charge is -2.31. The van der Waals surface area contributed by atoms with Crippen LogP contribution < -0.4 is 15.0 Å². The first-order valence-corrected chi connectivity index (χ1v) is 12.3. The second kappa shape index (κ2) is 10.8. The molecule has 1 fully saturated rings. The van der Waals surface area contributed by atoms with Crippen LogP contribution in [0.25, 0.3) is 0 Å². The Labute approximate surface area is 194 Å². The minimum Gasteiger partial charge on any atom is -0.427 e. The number of morpholine rings is 1. The van der Waals surface area contributed by atoms with Gasteiger partial charge in [-0.3, -0.25) is 9.59 Å². The van der Waals surface area contributed by atoms with E-state index in [2.05, 4.69) is 10.2 Å². The zero-order valence-corrected chi connectivity index (χ0v) is 19.9. The van der Waals surface area contributed by atoms with E-state index in [0.29, 0.717) is 56.4 Å². The lowest BCUT2D eigenvalue weighted by Crippen LogP contribution is -2.37. The zero-order chi connectivity index (χ0) is 24.0. The normalized spacial score (nSPS) is 14.2. The molecule has 10 heteroatoms. The maximum absolute atomic E-state index is 13.1. The predicted molar refractivity (Wildman–Crippen MR) is 125 cm³/mol. The summed E-state index contributed by atoms with van der Waals surface area (Å²) in [7, 11) is -3.70. The van der Waals surface area contributed by atoms with Gasteiger partial charge in [0.15, 0.2) is 0 Å². The Kier molecular flexibility index (Phi) is 8.06. The average molecular weight is 476 g/mol. The molecule has 0 saturated carbocycles. The molecule has 0 atom stereocenters. The lowest BCUT2D eigenvalue weighted by atomic mass is 10.1. The van der Waals surface area contributed by atoms with Crippen LogP contribution in [0.3, 0.4) is 0 Å². The van der Waals surface area contributed by atoms with Gasteiger partial charge in [0.05, 0.1) is 29.5 Å². The molecule has 178 valence electrons. The molecule has 0 unspecified atom stereocenters. The fourth-order valence-corrected chi connectivity index (χ4v) is 5.09. The van der Waals surface area contributed by atoms with E-state index >= 15 is 0 Å². The number of nitrogens with one attached hydrogen (secondary N) is 1. The summed E-state index contributed by atoms with van der Waals surface area (Å²) in [5.41, 5.74) is 1.47. The quantitative estimate of drug-likeness (QED) is 0.462. The lowest BCUT2D eigenvalue weighted by molar-refractivity contribution is -0.131. The highest BCUT2D eigenvalue weighted by atomic mass is 32.2. The average Bonchev–Trinajstić information content (AvgIpc) is 2.80. The highest BCUT2D eigenvalue weighted by Gasteiger charge is 2.25. The van der Waals surface area contributed by atoms with Crippen molar-refractivity contribution in [2.24, 2.45) is 0 Å². The molecule has 0 spiro atoms. The number of anilines is 2. The van der Waals surface area contributed by atoms with Crippen molar-refractivity contribution in [3.05, 3.63) is 48.0 Å². The summed E-state index contributed by atoms with van der Waals surface area (Å²) in [4.78, 5) is 26.2. The molecule has 1 saturated heterocycles. The molecule has 0 aromatic heterocycles. The molecule has 9 nitrogen and oxygen atoms in total. The van der Waals surface area contributed by atoms with Gasteiger partial charge in [-0.25, -0.2) is 8.42 Å². The van der Waals surface area contributed by atoms with Crippen LogP contribution in [0.2, 0.25) is 0 Å². The van der Waals surface area contributed by atoms with E-state index in [9.17, 15) is 18.0 Å². The van der Waals surface area contributed by atoms with Crippen LogP contribution in [-0.2, 0) is 19.6 Å². The third kappa shape index (κ3) is 5.89. The van der Waals surface area contributed by atoms with Crippen molar-refractivity contribution in [1.29, 1.82) is 0 Å². The van der Waals surface area contributed by atoms with Gasteiger partial charge in [-0.05, 0) is 42.5 Å². The number of sulfonamides is 1. The van der Waals surface area contributed by atoms with E-state index in [1.165, 1.54) is 29.4 Å². The summed E-state index contributed by atoms with van der Waals surface area (Å²) in [6, 6.07) is 10.9. The molecule has 2 aromatic rings. The first-order valence-electron chi connectivity index (χ1n) is 10.8. The first-order chi connectivity index (χ1) is 15.8. The Morgan fingerprint density at radius 2 is 1.70 bits per heavy atom. The maximum Gasteiger partial charge on any atom is 0.308 e. The van der Waals surface area contributed by atoms with Crippen molar-refractivity contribution in [2.75, 3.05) is 49.6 Å². The summed E-state index contributed by atoms with van der Waals surface area (Å²) in [6.07, 6.45) is 0. The summed E-state index contributed by atoms with van der Waals surface area (Å²) in [5.74, 6) is -0.523. The van der Waals surface area contributed by atoms with Crippen molar-refractivity contribution in [1.82, 2.24) is 4.31 Å². The van der Waals surface area contributed by atoms with Crippen LogP contribution in [0.15, 0.2) is 47.4 Å². The molecule has 2 aromatic carbocycles. The molecular weight excluding hydrogens is 446 g/mol. The number of nitrogens with zero attached hydrogens (tertiary/aromatic N) is 2. The van der Waals surface area contributed by atoms with Gasteiger partial charge in [0.1, 0.15) is 5.75 Å². The van der Waals surface area contributed by atoms with Crippen LogP contribution in [0.4, 0.5) is 11.4 Å². The van der Waals surface area contributed by atoms with Crippen molar-refractivity contribution in [2.45, 2.75) is 25.7 Å². The number of benzene rings is 2. The second-order valence-corrected chi connectivity index (χ2v) is 9.38. The highest BCUT2D eigenvalue weighted by molar-refractivity contribution is 7.89. The van der Waals surface area contributed by atoms with Gasteiger partial charge < -0.3 is 19.7 Å². The first kappa shape index (κ1) is 24.7. The maximum atomic E-state index is 13.1. The Bertz CT molecular complexity index is 1090. The van der Waals surface area contributed by atoms with E-state index in [0.717, 1.165) is 5.69 Å². The Morgan fingerprint density at radius 3 is 2.27 bits per heavy atom. The number of hydrogen-bond acceptors (Lipinski definition) is 7.